The Bertz CT molecular complexity index is 1620. The normalized spacial score (nSPS) is 19.7. The molecular weight excluding hydrogens is 612 g/mol. The van der Waals surface area contributed by atoms with E-state index in [0.29, 0.717) is 49.2 Å². The number of amides is 2. The predicted molar refractivity (Wildman–Crippen MR) is 178 cm³/mol. The zero-order valence-electron chi connectivity index (χ0n) is 26.4. The van der Waals surface area contributed by atoms with Gasteiger partial charge in [-0.25, -0.2) is 0 Å². The predicted octanol–water partition coefficient (Wildman–Crippen LogP) is 2.22. The zero-order chi connectivity index (χ0) is 33.0. The Kier molecular flexibility index (Phi) is 9.16. The molecule has 0 unspecified atom stereocenters. The van der Waals surface area contributed by atoms with Gasteiger partial charge >= 0.3 is 0 Å². The van der Waals surface area contributed by atoms with Gasteiger partial charge in [0.05, 0.1) is 47.8 Å². The number of nitrogens with one attached hydrogen (secondary N) is 2. The molecule has 14 nitrogen and oxygen atoms in total. The van der Waals surface area contributed by atoms with Crippen LogP contribution in [0.4, 0.5) is 23.0 Å². The molecule has 248 valence electrons. The second kappa shape index (κ2) is 14.0. The van der Waals surface area contributed by atoms with Crippen LogP contribution in [0, 0.1) is 0 Å². The second-order valence-electron chi connectivity index (χ2n) is 12.8. The fourth-order valence-corrected chi connectivity index (χ4v) is 6.53. The smallest absolute Gasteiger partial charge is 0.231 e. The third kappa shape index (κ3) is 7.55. The van der Waals surface area contributed by atoms with Crippen molar-refractivity contribution in [2.75, 3.05) is 46.6 Å². The van der Waals surface area contributed by atoms with Gasteiger partial charge in [-0.15, -0.1) is 10.2 Å². The van der Waals surface area contributed by atoms with Crippen molar-refractivity contribution in [1.29, 1.82) is 0 Å². The topological polar surface area (TPSA) is 182 Å². The number of pyridine rings is 2. The molecule has 4 N–H and O–H groups in total. The molecule has 0 aromatic carbocycles. The summed E-state index contributed by atoms with van der Waals surface area (Å²) in [6.07, 6.45) is 6.80. The maximum absolute atomic E-state index is 12.7. The lowest BCUT2D eigenvalue weighted by Gasteiger charge is -2.37. The molecule has 4 aromatic rings. The minimum atomic E-state index is -0.306. The highest BCUT2D eigenvalue weighted by Crippen LogP contribution is 2.40. The maximum atomic E-state index is 12.7. The maximum Gasteiger partial charge on any atom is 0.231 e. The molecule has 1 aliphatic carbocycles. The molecular formula is C34H38N10O4. The van der Waals surface area contributed by atoms with Gasteiger partial charge in [0.25, 0.3) is 0 Å². The summed E-state index contributed by atoms with van der Waals surface area (Å²) in [6.45, 7) is 2.34. The average Bonchev–Trinajstić information content (AvgIpc) is 3.06. The minimum Gasteiger partial charge on any atom is -0.389 e. The van der Waals surface area contributed by atoms with Crippen molar-refractivity contribution >= 4 is 34.8 Å². The van der Waals surface area contributed by atoms with Crippen molar-refractivity contribution in [1.82, 2.24) is 30.4 Å². The molecule has 14 heteroatoms. The summed E-state index contributed by atoms with van der Waals surface area (Å²) in [6, 6.07) is 14.9. The van der Waals surface area contributed by atoms with Crippen molar-refractivity contribution in [3.05, 3.63) is 83.7 Å². The van der Waals surface area contributed by atoms with Gasteiger partial charge in [0.15, 0.2) is 11.6 Å². The molecule has 3 aliphatic rings. The summed E-state index contributed by atoms with van der Waals surface area (Å²) in [5, 5.41) is 42.2. The van der Waals surface area contributed by atoms with E-state index in [1.54, 1.807) is 24.5 Å². The van der Waals surface area contributed by atoms with E-state index in [4.69, 9.17) is 0 Å². The summed E-state index contributed by atoms with van der Waals surface area (Å²) < 4.78 is 0. The van der Waals surface area contributed by atoms with Crippen LogP contribution < -0.4 is 20.4 Å². The van der Waals surface area contributed by atoms with Gasteiger partial charge in [-0.1, -0.05) is 6.42 Å². The first kappa shape index (κ1) is 31.5. The Morgan fingerprint density at radius 3 is 1.52 bits per heavy atom. The summed E-state index contributed by atoms with van der Waals surface area (Å²) in [5.74, 6) is 0.739. The first-order valence-corrected chi connectivity index (χ1v) is 16.4. The summed E-state index contributed by atoms with van der Waals surface area (Å²) in [5.41, 5.74) is 4.93. The lowest BCUT2D eigenvalue weighted by Crippen LogP contribution is -2.50. The van der Waals surface area contributed by atoms with Gasteiger partial charge in [0.1, 0.15) is 0 Å². The first-order chi connectivity index (χ1) is 23.3. The number of aliphatic hydroxyl groups is 2. The van der Waals surface area contributed by atoms with E-state index in [1.165, 1.54) is 0 Å². The number of carbonyl (C=O) groups is 2. The molecule has 7 rings (SSSR count). The van der Waals surface area contributed by atoms with Crippen LogP contribution in [0.1, 0.15) is 60.3 Å². The van der Waals surface area contributed by atoms with E-state index in [1.807, 2.05) is 46.2 Å². The third-order valence-corrected chi connectivity index (χ3v) is 9.15. The fraction of sp³-hybridized carbons (Fsp3) is 0.412. The van der Waals surface area contributed by atoms with Crippen LogP contribution in [0.15, 0.2) is 60.9 Å². The van der Waals surface area contributed by atoms with Gasteiger partial charge in [-0.05, 0) is 67.8 Å². The number of aliphatic hydroxyl groups excluding tert-OH is 2. The summed E-state index contributed by atoms with van der Waals surface area (Å²) in [7, 11) is 0. The number of hydrogen-bond donors (Lipinski definition) is 4. The van der Waals surface area contributed by atoms with Crippen LogP contribution in [-0.2, 0) is 22.4 Å². The van der Waals surface area contributed by atoms with E-state index < -0.39 is 0 Å². The Balaban J connectivity index is 0.891. The van der Waals surface area contributed by atoms with E-state index in [9.17, 15) is 19.8 Å². The molecule has 48 heavy (non-hydrogen) atoms. The highest BCUT2D eigenvalue weighted by Gasteiger charge is 2.28. The highest BCUT2D eigenvalue weighted by molar-refractivity contribution is 5.91. The first-order valence-electron chi connectivity index (χ1n) is 16.4. The number of anilines is 4. The average molecular weight is 651 g/mol. The van der Waals surface area contributed by atoms with Crippen LogP contribution >= 0.6 is 0 Å². The van der Waals surface area contributed by atoms with Crippen LogP contribution in [0.25, 0.3) is 0 Å². The van der Waals surface area contributed by atoms with Gasteiger partial charge in [-0.2, -0.15) is 10.2 Å². The molecule has 4 aromatic heterocycles. The molecule has 2 aliphatic heterocycles. The molecule has 3 fully saturated rings. The monoisotopic (exact) mass is 650 g/mol. The molecule has 6 heterocycles. The van der Waals surface area contributed by atoms with Gasteiger partial charge in [-0.3, -0.25) is 19.6 Å². The third-order valence-electron chi connectivity index (χ3n) is 9.15. The summed E-state index contributed by atoms with van der Waals surface area (Å²) in [4.78, 5) is 38.1. The van der Waals surface area contributed by atoms with Crippen LogP contribution in [0.5, 0.6) is 0 Å². The highest BCUT2D eigenvalue weighted by atomic mass is 16.3. The minimum absolute atomic E-state index is 0.109. The van der Waals surface area contributed by atoms with Crippen LogP contribution in [-0.4, -0.2) is 90.8 Å². The molecule has 2 saturated heterocycles. The lowest BCUT2D eigenvalue weighted by molar-refractivity contribution is -0.116. The van der Waals surface area contributed by atoms with Crippen molar-refractivity contribution in [2.45, 2.75) is 62.6 Å². The number of carbonyl (C=O) groups excluding carboxylic acids is 2. The molecule has 0 radical (unpaired) electrons. The van der Waals surface area contributed by atoms with Crippen molar-refractivity contribution < 1.29 is 19.8 Å². The summed E-state index contributed by atoms with van der Waals surface area (Å²) >= 11 is 0. The Labute approximate surface area is 277 Å². The lowest BCUT2D eigenvalue weighted by atomic mass is 9.78. The number of β-amino-alcohol motifs (C(OH)–C–C–N with tert-alkyl or cyclic N) is 2. The van der Waals surface area contributed by atoms with Crippen molar-refractivity contribution in [3.63, 3.8) is 0 Å². The number of rotatable bonds is 10. The van der Waals surface area contributed by atoms with E-state index in [0.717, 1.165) is 48.4 Å². The number of hydrogen-bond acceptors (Lipinski definition) is 12. The fourth-order valence-electron chi connectivity index (χ4n) is 6.53. The standard InChI is InChI=1S/C34H38N10O4/c45-27-17-43(18-27)25-8-10-35-23(13-25)15-33(47)37-31-6-4-29(39-41-31)21-2-1-3-22(12-21)30-5-7-32(42-40-30)38-34(48)16-24-14-26(9-11-36-24)44-19-28(46)20-44/h4-11,13-14,21-22,27-28,45-46H,1-3,12,15-20H2,(H,37,41,47)(H,38,42,48)/t21-,22-/m0/s1. The molecule has 2 atom stereocenters. The van der Waals surface area contributed by atoms with E-state index in [-0.39, 0.29) is 48.7 Å². The van der Waals surface area contributed by atoms with Gasteiger partial charge < -0.3 is 30.6 Å². The largest absolute Gasteiger partial charge is 0.389 e. The Morgan fingerprint density at radius 2 is 1.12 bits per heavy atom. The Morgan fingerprint density at radius 1 is 0.667 bits per heavy atom. The number of nitrogens with zero attached hydrogens (tertiary/aromatic N) is 8. The molecule has 2 amide bonds. The van der Waals surface area contributed by atoms with Gasteiger partial charge in [0, 0.05) is 61.8 Å². The van der Waals surface area contributed by atoms with Crippen LogP contribution in [0.3, 0.4) is 0 Å². The number of aromatic nitrogens is 6. The van der Waals surface area contributed by atoms with Crippen LogP contribution in [0.2, 0.25) is 0 Å². The molecule has 0 bridgehead atoms. The van der Waals surface area contributed by atoms with Crippen molar-refractivity contribution in [2.24, 2.45) is 0 Å². The zero-order valence-corrected chi connectivity index (χ0v) is 26.4. The quantitative estimate of drug-likeness (QED) is 0.197. The van der Waals surface area contributed by atoms with E-state index in [2.05, 4.69) is 41.0 Å². The van der Waals surface area contributed by atoms with E-state index >= 15 is 0 Å². The van der Waals surface area contributed by atoms with Gasteiger partial charge in [0.2, 0.25) is 11.8 Å². The molecule has 1 saturated carbocycles. The van der Waals surface area contributed by atoms with Crippen molar-refractivity contribution in [3.8, 4) is 0 Å². The Hall–Kier alpha value is -5.08. The second-order valence-corrected chi connectivity index (χ2v) is 12.8. The molecule has 0 spiro atoms. The SMILES string of the molecule is O=C(Cc1cc(N2CC(O)C2)ccn1)Nc1ccc([C@H]2CCC[C@H](c3ccc(NC(=O)Cc4cc(N5CC(O)C5)ccn4)nn3)C2)nn1.